The minimum absolute atomic E-state index is 0.216. The molecule has 1 amide bonds. The molecule has 0 aliphatic carbocycles. The predicted molar refractivity (Wildman–Crippen MR) is 73.6 cm³/mol. The average molecular weight is 259 g/mol. The van der Waals surface area contributed by atoms with E-state index in [9.17, 15) is 4.79 Å². The van der Waals surface area contributed by atoms with Gasteiger partial charge < -0.3 is 14.4 Å². The Morgan fingerprint density at radius 3 is 2.33 bits per heavy atom. The Morgan fingerprint density at radius 2 is 1.78 bits per heavy atom. The summed E-state index contributed by atoms with van der Waals surface area (Å²) >= 11 is 0. The normalized spacial score (nSPS) is 11.3. The third-order valence-electron chi connectivity index (χ3n) is 2.47. The highest BCUT2D eigenvalue weighted by atomic mass is 16.5. The number of ether oxygens (including phenoxy) is 2. The minimum Gasteiger partial charge on any atom is -0.379 e. The molecule has 4 heteroatoms. The maximum atomic E-state index is 11.7. The molecule has 108 valence electrons. The summed E-state index contributed by atoms with van der Waals surface area (Å²) in [6, 6.07) is 0. The Hall–Kier alpha value is -0.610. The van der Waals surface area contributed by atoms with Crippen molar-refractivity contribution >= 4 is 5.91 Å². The van der Waals surface area contributed by atoms with E-state index in [1.165, 1.54) is 0 Å². The van der Waals surface area contributed by atoms with Crippen LogP contribution >= 0.6 is 0 Å². The smallest absolute Gasteiger partial charge is 0.222 e. The van der Waals surface area contributed by atoms with Gasteiger partial charge in [-0.05, 0) is 26.2 Å². The van der Waals surface area contributed by atoms with Crippen LogP contribution in [-0.2, 0) is 14.3 Å². The minimum atomic E-state index is 0.216. The number of carbonyl (C=O) groups excluding carboxylic acids is 1. The van der Waals surface area contributed by atoms with Gasteiger partial charge in [-0.1, -0.05) is 13.8 Å². The highest BCUT2D eigenvalue weighted by Gasteiger charge is 2.09. The predicted octanol–water partition coefficient (Wildman–Crippen LogP) is 2.32. The van der Waals surface area contributed by atoms with Gasteiger partial charge in [0.15, 0.2) is 0 Å². The highest BCUT2D eigenvalue weighted by molar-refractivity contribution is 5.75. The van der Waals surface area contributed by atoms with E-state index in [4.69, 9.17) is 9.47 Å². The van der Waals surface area contributed by atoms with Gasteiger partial charge in [-0.2, -0.15) is 0 Å². The number of rotatable bonds is 10. The van der Waals surface area contributed by atoms with Crippen molar-refractivity contribution < 1.29 is 14.3 Å². The van der Waals surface area contributed by atoms with Gasteiger partial charge in [0.1, 0.15) is 0 Å². The molecule has 0 aromatic rings. The molecule has 0 unspecified atom stereocenters. The second-order valence-electron chi connectivity index (χ2n) is 5.30. The van der Waals surface area contributed by atoms with E-state index < -0.39 is 0 Å². The van der Waals surface area contributed by atoms with Crippen LogP contribution in [0.25, 0.3) is 0 Å². The number of hydrogen-bond donors (Lipinski definition) is 0. The van der Waals surface area contributed by atoms with Gasteiger partial charge in [0.05, 0.1) is 19.3 Å². The SMILES string of the molecule is CC(C)CC(=O)N(C)CCCOCCOC(C)C. The molecule has 0 atom stereocenters. The van der Waals surface area contributed by atoms with Gasteiger partial charge in [0.25, 0.3) is 0 Å². The topological polar surface area (TPSA) is 38.8 Å². The lowest BCUT2D eigenvalue weighted by molar-refractivity contribution is -0.130. The Bertz CT molecular complexity index is 217. The standard InChI is InChI=1S/C14H29NO3/c1-12(2)11-14(16)15(5)7-6-8-17-9-10-18-13(3)4/h12-13H,6-11H2,1-5H3. The summed E-state index contributed by atoms with van der Waals surface area (Å²) in [5, 5.41) is 0. The van der Waals surface area contributed by atoms with E-state index in [0.29, 0.717) is 32.2 Å². The first-order valence-electron chi connectivity index (χ1n) is 6.86. The van der Waals surface area contributed by atoms with Gasteiger partial charge in [0.2, 0.25) is 5.91 Å². The van der Waals surface area contributed by atoms with Crippen LogP contribution in [0.3, 0.4) is 0 Å². The number of carbonyl (C=O) groups is 1. The lowest BCUT2D eigenvalue weighted by Gasteiger charge is -2.18. The molecule has 0 radical (unpaired) electrons. The highest BCUT2D eigenvalue weighted by Crippen LogP contribution is 2.03. The summed E-state index contributed by atoms with van der Waals surface area (Å²) in [7, 11) is 1.85. The average Bonchev–Trinajstić information content (AvgIpc) is 2.26. The van der Waals surface area contributed by atoms with Crippen LogP contribution in [0.1, 0.15) is 40.5 Å². The van der Waals surface area contributed by atoms with Crippen molar-refractivity contribution in [3.05, 3.63) is 0 Å². The van der Waals surface area contributed by atoms with E-state index in [1.54, 1.807) is 4.90 Å². The Balaban J connectivity index is 3.40. The van der Waals surface area contributed by atoms with Gasteiger partial charge in [-0.25, -0.2) is 0 Å². The second kappa shape index (κ2) is 10.3. The molecular formula is C14H29NO3. The Labute approximate surface area is 112 Å². The van der Waals surface area contributed by atoms with E-state index in [-0.39, 0.29) is 12.0 Å². The molecule has 0 saturated heterocycles. The summed E-state index contributed by atoms with van der Waals surface area (Å²) in [6.07, 6.45) is 1.76. The first-order valence-corrected chi connectivity index (χ1v) is 6.86. The lowest BCUT2D eigenvalue weighted by Crippen LogP contribution is -2.29. The molecule has 0 N–H and O–H groups in total. The van der Waals surface area contributed by atoms with Crippen LogP contribution in [0, 0.1) is 5.92 Å². The van der Waals surface area contributed by atoms with Gasteiger partial charge >= 0.3 is 0 Å². The number of amides is 1. The molecule has 0 saturated carbocycles. The molecule has 0 spiro atoms. The zero-order valence-electron chi connectivity index (χ0n) is 12.6. The summed E-state index contributed by atoms with van der Waals surface area (Å²) in [4.78, 5) is 13.4. The fourth-order valence-corrected chi connectivity index (χ4v) is 1.48. The third-order valence-corrected chi connectivity index (χ3v) is 2.47. The molecule has 0 aliphatic heterocycles. The van der Waals surface area contributed by atoms with Crippen LogP contribution in [0.5, 0.6) is 0 Å². The van der Waals surface area contributed by atoms with Crippen molar-refractivity contribution in [1.82, 2.24) is 4.90 Å². The van der Waals surface area contributed by atoms with Gasteiger partial charge in [0, 0.05) is 26.6 Å². The van der Waals surface area contributed by atoms with Crippen molar-refractivity contribution in [2.45, 2.75) is 46.6 Å². The van der Waals surface area contributed by atoms with Crippen LogP contribution < -0.4 is 0 Å². The van der Waals surface area contributed by atoms with Crippen LogP contribution in [-0.4, -0.2) is 50.3 Å². The quantitative estimate of drug-likeness (QED) is 0.565. The molecule has 0 aliphatic rings. The van der Waals surface area contributed by atoms with E-state index in [1.807, 2.05) is 20.9 Å². The first kappa shape index (κ1) is 17.4. The van der Waals surface area contributed by atoms with Crippen LogP contribution in [0.4, 0.5) is 0 Å². The third kappa shape index (κ3) is 10.5. The molecule has 0 rings (SSSR count). The molecule has 0 fully saturated rings. The fourth-order valence-electron chi connectivity index (χ4n) is 1.48. The number of hydrogen-bond acceptors (Lipinski definition) is 3. The molecule has 0 aromatic carbocycles. The maximum Gasteiger partial charge on any atom is 0.222 e. The summed E-state index contributed by atoms with van der Waals surface area (Å²) < 4.78 is 10.8. The molecular weight excluding hydrogens is 230 g/mol. The van der Waals surface area contributed by atoms with Gasteiger partial charge in [-0.3, -0.25) is 4.79 Å². The van der Waals surface area contributed by atoms with E-state index in [2.05, 4.69) is 13.8 Å². The summed E-state index contributed by atoms with van der Waals surface area (Å²) in [5.41, 5.74) is 0. The molecule has 0 heterocycles. The van der Waals surface area contributed by atoms with Crippen molar-refractivity contribution in [3.63, 3.8) is 0 Å². The number of nitrogens with zero attached hydrogens (tertiary/aromatic N) is 1. The second-order valence-corrected chi connectivity index (χ2v) is 5.30. The van der Waals surface area contributed by atoms with E-state index >= 15 is 0 Å². The van der Waals surface area contributed by atoms with Crippen molar-refractivity contribution in [3.8, 4) is 0 Å². The maximum absolute atomic E-state index is 11.7. The van der Waals surface area contributed by atoms with Gasteiger partial charge in [-0.15, -0.1) is 0 Å². The van der Waals surface area contributed by atoms with E-state index in [0.717, 1.165) is 13.0 Å². The van der Waals surface area contributed by atoms with Crippen LogP contribution in [0.15, 0.2) is 0 Å². The first-order chi connectivity index (χ1) is 8.43. The largest absolute Gasteiger partial charge is 0.379 e. The summed E-state index contributed by atoms with van der Waals surface area (Å²) in [5.74, 6) is 0.637. The monoisotopic (exact) mass is 259 g/mol. The molecule has 0 bridgehead atoms. The lowest BCUT2D eigenvalue weighted by atomic mass is 10.1. The Morgan fingerprint density at radius 1 is 1.11 bits per heavy atom. The zero-order valence-corrected chi connectivity index (χ0v) is 12.6. The zero-order chi connectivity index (χ0) is 14.0. The Kier molecular flexibility index (Phi) is 9.98. The van der Waals surface area contributed by atoms with Crippen molar-refractivity contribution in [2.24, 2.45) is 5.92 Å². The fraction of sp³-hybridized carbons (Fsp3) is 0.929. The van der Waals surface area contributed by atoms with Crippen molar-refractivity contribution in [2.75, 3.05) is 33.4 Å². The molecule has 0 aromatic heterocycles. The van der Waals surface area contributed by atoms with Crippen LogP contribution in [0.2, 0.25) is 0 Å². The summed E-state index contributed by atoms with van der Waals surface area (Å²) in [6.45, 7) is 10.8. The molecule has 18 heavy (non-hydrogen) atoms. The van der Waals surface area contributed by atoms with Crippen molar-refractivity contribution in [1.29, 1.82) is 0 Å². The molecule has 4 nitrogen and oxygen atoms in total.